The molecule has 0 atom stereocenters. The van der Waals surface area contributed by atoms with Crippen LogP contribution in [0.3, 0.4) is 0 Å². The van der Waals surface area contributed by atoms with Gasteiger partial charge in [0.25, 0.3) is 0 Å². The van der Waals surface area contributed by atoms with Gasteiger partial charge in [-0.2, -0.15) is 5.26 Å². The third-order valence-corrected chi connectivity index (χ3v) is 7.65. The van der Waals surface area contributed by atoms with Gasteiger partial charge in [0.05, 0.1) is 21.7 Å². The second-order valence-corrected chi connectivity index (χ2v) is 9.55. The number of pyridine rings is 1. The molecule has 36 heavy (non-hydrogen) atoms. The predicted octanol–water partition coefficient (Wildman–Crippen LogP) is 8.46. The van der Waals surface area contributed by atoms with Gasteiger partial charge in [-0.1, -0.05) is 72.8 Å². The molecule has 4 nitrogen and oxygen atoms in total. The number of thiophene rings is 1. The SMILES string of the molecule is N#Cc1c(-c2ccc(-c3nc4ccccc4o3)cc2)sc2c1c(-c1ccccc1)nc1ccccc12. The summed E-state index contributed by atoms with van der Waals surface area (Å²) in [5.74, 6) is 0.584. The van der Waals surface area contributed by atoms with E-state index in [9.17, 15) is 5.26 Å². The number of aromatic nitrogens is 2. The van der Waals surface area contributed by atoms with Gasteiger partial charge in [0, 0.05) is 26.6 Å². The minimum atomic E-state index is 0.584. The summed E-state index contributed by atoms with van der Waals surface area (Å²) in [6.45, 7) is 0. The molecule has 0 amide bonds. The van der Waals surface area contributed by atoms with Crippen molar-refractivity contribution < 1.29 is 4.42 Å². The van der Waals surface area contributed by atoms with Gasteiger partial charge in [-0.25, -0.2) is 9.97 Å². The van der Waals surface area contributed by atoms with Crippen LogP contribution >= 0.6 is 11.3 Å². The lowest BCUT2D eigenvalue weighted by Crippen LogP contribution is -1.89. The maximum absolute atomic E-state index is 10.3. The zero-order valence-electron chi connectivity index (χ0n) is 19.0. The molecular weight excluding hydrogens is 462 g/mol. The third kappa shape index (κ3) is 3.20. The molecular formula is C31H17N3OS. The van der Waals surface area contributed by atoms with E-state index in [1.807, 2.05) is 97.1 Å². The largest absolute Gasteiger partial charge is 0.436 e. The first-order chi connectivity index (χ1) is 17.8. The van der Waals surface area contributed by atoms with E-state index in [0.717, 1.165) is 59.4 Å². The van der Waals surface area contributed by atoms with Crippen molar-refractivity contribution in [3.8, 4) is 39.2 Å². The lowest BCUT2D eigenvalue weighted by Gasteiger charge is -2.07. The summed E-state index contributed by atoms with van der Waals surface area (Å²) in [5.41, 5.74) is 6.89. The molecule has 5 heteroatoms. The zero-order valence-corrected chi connectivity index (χ0v) is 19.8. The fraction of sp³-hybridized carbons (Fsp3) is 0. The summed E-state index contributed by atoms with van der Waals surface area (Å²) in [6, 6.07) is 36.5. The summed E-state index contributed by atoms with van der Waals surface area (Å²) in [5, 5.41) is 12.3. The highest BCUT2D eigenvalue weighted by Crippen LogP contribution is 2.45. The molecule has 0 aliphatic rings. The summed E-state index contributed by atoms with van der Waals surface area (Å²) in [4.78, 5) is 10.5. The average molecular weight is 480 g/mol. The molecule has 0 spiro atoms. The van der Waals surface area contributed by atoms with E-state index in [4.69, 9.17) is 9.40 Å². The molecule has 0 bridgehead atoms. The Morgan fingerprint density at radius 2 is 1.36 bits per heavy atom. The first kappa shape index (κ1) is 20.6. The molecule has 4 aromatic carbocycles. The molecule has 0 saturated heterocycles. The molecule has 7 rings (SSSR count). The molecule has 0 radical (unpaired) electrons. The molecule has 0 unspecified atom stereocenters. The molecule has 7 aromatic rings. The Bertz CT molecular complexity index is 1910. The average Bonchev–Trinajstić information content (AvgIpc) is 3.55. The van der Waals surface area contributed by atoms with E-state index in [0.29, 0.717) is 11.5 Å². The van der Waals surface area contributed by atoms with Crippen LogP contribution < -0.4 is 0 Å². The van der Waals surface area contributed by atoms with E-state index in [1.54, 1.807) is 11.3 Å². The van der Waals surface area contributed by atoms with Crippen molar-refractivity contribution in [3.63, 3.8) is 0 Å². The van der Waals surface area contributed by atoms with Crippen LogP contribution in [-0.4, -0.2) is 9.97 Å². The molecule has 168 valence electrons. The number of nitriles is 1. The Hall–Kier alpha value is -4.79. The van der Waals surface area contributed by atoms with Crippen molar-refractivity contribution in [1.82, 2.24) is 9.97 Å². The van der Waals surface area contributed by atoms with Crippen LogP contribution in [0, 0.1) is 11.3 Å². The van der Waals surface area contributed by atoms with Gasteiger partial charge >= 0.3 is 0 Å². The number of para-hydroxylation sites is 3. The van der Waals surface area contributed by atoms with Gasteiger partial charge in [-0.15, -0.1) is 11.3 Å². The third-order valence-electron chi connectivity index (χ3n) is 6.37. The number of oxazole rings is 1. The van der Waals surface area contributed by atoms with Crippen molar-refractivity contribution in [2.45, 2.75) is 0 Å². The van der Waals surface area contributed by atoms with Crippen LogP contribution in [0.2, 0.25) is 0 Å². The van der Waals surface area contributed by atoms with Gasteiger partial charge < -0.3 is 4.42 Å². The van der Waals surface area contributed by atoms with Crippen LogP contribution in [0.5, 0.6) is 0 Å². The summed E-state index contributed by atoms with van der Waals surface area (Å²) in [7, 11) is 0. The minimum Gasteiger partial charge on any atom is -0.436 e. The van der Waals surface area contributed by atoms with Gasteiger partial charge in [-0.05, 0) is 35.9 Å². The Kier molecular flexibility index (Phi) is 4.66. The second kappa shape index (κ2) is 8.16. The first-order valence-corrected chi connectivity index (χ1v) is 12.4. The molecule has 3 heterocycles. The zero-order chi connectivity index (χ0) is 24.1. The van der Waals surface area contributed by atoms with Crippen LogP contribution in [0.1, 0.15) is 5.56 Å². The topological polar surface area (TPSA) is 62.7 Å². The molecule has 0 aliphatic carbocycles. The van der Waals surface area contributed by atoms with E-state index in [2.05, 4.69) is 17.1 Å². The van der Waals surface area contributed by atoms with Gasteiger partial charge in [-0.3, -0.25) is 0 Å². The summed E-state index contributed by atoms with van der Waals surface area (Å²) >= 11 is 1.64. The molecule has 0 aliphatic heterocycles. The molecule has 3 aromatic heterocycles. The van der Waals surface area contributed by atoms with Gasteiger partial charge in [0.1, 0.15) is 11.6 Å². The molecule has 0 fully saturated rings. The van der Waals surface area contributed by atoms with Crippen LogP contribution in [0.15, 0.2) is 108 Å². The van der Waals surface area contributed by atoms with E-state index in [1.165, 1.54) is 0 Å². The van der Waals surface area contributed by atoms with Crippen LogP contribution in [0.4, 0.5) is 0 Å². The highest BCUT2D eigenvalue weighted by Gasteiger charge is 2.21. The Labute approximate surface area is 210 Å². The Morgan fingerprint density at radius 3 is 2.14 bits per heavy atom. The van der Waals surface area contributed by atoms with E-state index < -0.39 is 0 Å². The lowest BCUT2D eigenvalue weighted by atomic mass is 10.00. The maximum atomic E-state index is 10.3. The summed E-state index contributed by atoms with van der Waals surface area (Å²) < 4.78 is 7.01. The number of fused-ring (bicyclic) bond motifs is 4. The predicted molar refractivity (Wildman–Crippen MR) is 146 cm³/mol. The minimum absolute atomic E-state index is 0.584. The smallest absolute Gasteiger partial charge is 0.227 e. The van der Waals surface area contributed by atoms with Crippen molar-refractivity contribution in [2.24, 2.45) is 0 Å². The monoisotopic (exact) mass is 479 g/mol. The van der Waals surface area contributed by atoms with E-state index >= 15 is 0 Å². The summed E-state index contributed by atoms with van der Waals surface area (Å²) in [6.07, 6.45) is 0. The lowest BCUT2D eigenvalue weighted by molar-refractivity contribution is 0.620. The second-order valence-electron chi connectivity index (χ2n) is 8.53. The highest BCUT2D eigenvalue weighted by atomic mass is 32.1. The van der Waals surface area contributed by atoms with Crippen LogP contribution in [-0.2, 0) is 0 Å². The van der Waals surface area contributed by atoms with Crippen molar-refractivity contribution in [2.75, 3.05) is 0 Å². The van der Waals surface area contributed by atoms with Gasteiger partial charge in [0.2, 0.25) is 5.89 Å². The van der Waals surface area contributed by atoms with Crippen molar-refractivity contribution >= 4 is 43.4 Å². The first-order valence-electron chi connectivity index (χ1n) is 11.6. The van der Waals surface area contributed by atoms with Gasteiger partial charge in [0.15, 0.2) is 5.58 Å². The highest BCUT2D eigenvalue weighted by molar-refractivity contribution is 7.23. The Morgan fingerprint density at radius 1 is 0.667 bits per heavy atom. The number of nitrogens with zero attached hydrogens (tertiary/aromatic N) is 3. The van der Waals surface area contributed by atoms with Crippen molar-refractivity contribution in [3.05, 3.63) is 109 Å². The Balaban J connectivity index is 1.43. The standard InChI is InChI=1S/C31H17N3OS/c32-18-23-27-28(19-8-2-1-3-9-19)33-24-11-5-4-10-22(24)30(27)36-29(23)20-14-16-21(17-15-20)31-34-25-12-6-7-13-26(25)35-31/h1-17H. The van der Waals surface area contributed by atoms with Crippen LogP contribution in [0.25, 0.3) is 65.2 Å². The number of benzene rings is 4. The molecule has 0 N–H and O–H groups in total. The number of hydrogen-bond donors (Lipinski definition) is 0. The molecule has 0 saturated carbocycles. The fourth-order valence-corrected chi connectivity index (χ4v) is 5.95. The fourth-order valence-electron chi connectivity index (χ4n) is 4.66. The number of rotatable bonds is 3. The maximum Gasteiger partial charge on any atom is 0.227 e. The number of hydrogen-bond acceptors (Lipinski definition) is 5. The quantitative estimate of drug-likeness (QED) is 0.255. The van der Waals surface area contributed by atoms with E-state index in [-0.39, 0.29) is 0 Å². The normalized spacial score (nSPS) is 11.3. The van der Waals surface area contributed by atoms with Crippen molar-refractivity contribution in [1.29, 1.82) is 5.26 Å².